The molecule has 0 aliphatic carbocycles. The highest BCUT2D eigenvalue weighted by Gasteiger charge is 2.31. The van der Waals surface area contributed by atoms with Gasteiger partial charge in [0.15, 0.2) is 0 Å². The number of hydrogen-bond acceptors (Lipinski definition) is 6. The van der Waals surface area contributed by atoms with Crippen LogP contribution in [0.4, 0.5) is 24.5 Å². The lowest BCUT2D eigenvalue weighted by Gasteiger charge is -2.35. The molecule has 0 atom stereocenters. The third-order valence-corrected chi connectivity index (χ3v) is 6.63. The number of amides is 1. The van der Waals surface area contributed by atoms with E-state index < -0.39 is 16.7 Å². The Labute approximate surface area is 191 Å². The summed E-state index contributed by atoms with van der Waals surface area (Å²) in [5.74, 6) is -0.203. The topological polar surface area (TPSA) is 79.6 Å². The Morgan fingerprint density at radius 3 is 2.30 bits per heavy atom. The van der Waals surface area contributed by atoms with E-state index in [1.165, 1.54) is 18.2 Å². The second-order valence-electron chi connectivity index (χ2n) is 7.53. The average Bonchev–Trinajstić information content (AvgIpc) is 3.19. The van der Waals surface area contributed by atoms with Gasteiger partial charge in [-0.2, -0.15) is 13.2 Å². The lowest BCUT2D eigenvalue weighted by atomic mass is 10.1. The Hall–Kier alpha value is -3.47. The van der Waals surface area contributed by atoms with Gasteiger partial charge in [-0.25, -0.2) is 4.98 Å². The van der Waals surface area contributed by atoms with Crippen molar-refractivity contribution in [3.05, 3.63) is 74.8 Å². The zero-order valence-corrected chi connectivity index (χ0v) is 18.3. The number of para-hydroxylation sites is 2. The van der Waals surface area contributed by atoms with Crippen LogP contribution in [-0.4, -0.2) is 46.9 Å². The summed E-state index contributed by atoms with van der Waals surface area (Å²) in [7, 11) is 0. The maximum absolute atomic E-state index is 13.1. The minimum absolute atomic E-state index is 0.0248. The molecule has 2 heterocycles. The number of hydrogen-bond donors (Lipinski definition) is 0. The van der Waals surface area contributed by atoms with Crippen LogP contribution in [0.15, 0.2) is 48.5 Å². The number of aromatic nitrogens is 1. The number of anilines is 1. The summed E-state index contributed by atoms with van der Waals surface area (Å²) in [4.78, 5) is 32.3. The quantitative estimate of drug-likeness (QED) is 0.391. The molecule has 2 aromatic carbocycles. The van der Waals surface area contributed by atoms with Crippen molar-refractivity contribution in [2.24, 2.45) is 0 Å². The zero-order chi connectivity index (χ0) is 23.8. The van der Waals surface area contributed by atoms with E-state index in [4.69, 9.17) is 0 Å². The third kappa shape index (κ3) is 4.68. The van der Waals surface area contributed by atoms with E-state index in [1.54, 1.807) is 30.0 Å². The van der Waals surface area contributed by atoms with E-state index in [2.05, 4.69) is 4.98 Å². The second-order valence-corrected chi connectivity index (χ2v) is 8.53. The van der Waals surface area contributed by atoms with Gasteiger partial charge < -0.3 is 9.80 Å². The van der Waals surface area contributed by atoms with Crippen molar-refractivity contribution in [3.8, 4) is 10.6 Å². The molecule has 1 aromatic heterocycles. The molecule has 1 fully saturated rings. The van der Waals surface area contributed by atoms with Crippen LogP contribution in [0.25, 0.3) is 10.6 Å². The van der Waals surface area contributed by atoms with Gasteiger partial charge in [-0.1, -0.05) is 24.3 Å². The van der Waals surface area contributed by atoms with Crippen LogP contribution in [0.3, 0.4) is 0 Å². The van der Waals surface area contributed by atoms with Gasteiger partial charge in [0.25, 0.3) is 11.6 Å². The first-order chi connectivity index (χ1) is 15.6. The molecule has 0 saturated carbocycles. The average molecular weight is 476 g/mol. The smallest absolute Gasteiger partial charge is 0.362 e. The van der Waals surface area contributed by atoms with E-state index in [0.717, 1.165) is 23.5 Å². The van der Waals surface area contributed by atoms with Gasteiger partial charge in [0, 0.05) is 37.8 Å². The van der Waals surface area contributed by atoms with E-state index >= 15 is 0 Å². The molecule has 1 amide bonds. The van der Waals surface area contributed by atoms with Crippen molar-refractivity contribution in [2.75, 3.05) is 31.1 Å². The summed E-state index contributed by atoms with van der Waals surface area (Å²) < 4.78 is 38.4. The van der Waals surface area contributed by atoms with Crippen molar-refractivity contribution >= 4 is 28.6 Å². The van der Waals surface area contributed by atoms with Crippen LogP contribution in [-0.2, 0) is 6.18 Å². The first-order valence-electron chi connectivity index (χ1n) is 10.1. The van der Waals surface area contributed by atoms with Crippen molar-refractivity contribution in [1.82, 2.24) is 9.88 Å². The molecule has 11 heteroatoms. The van der Waals surface area contributed by atoms with Crippen LogP contribution >= 0.6 is 11.3 Å². The SMILES string of the molecule is Cc1nc(-c2ccc(C(F)(F)F)cc2)sc1C(=O)N1CCN(c2ccccc2[N+](=O)[O-])CC1. The molecule has 0 radical (unpaired) electrons. The van der Waals surface area contributed by atoms with Gasteiger partial charge >= 0.3 is 6.18 Å². The van der Waals surface area contributed by atoms with Gasteiger partial charge in [-0.3, -0.25) is 14.9 Å². The summed E-state index contributed by atoms with van der Waals surface area (Å²) in [6, 6.07) is 11.2. The number of carbonyl (C=O) groups excluding carboxylic acids is 1. The summed E-state index contributed by atoms with van der Waals surface area (Å²) in [5.41, 5.74) is 0.828. The van der Waals surface area contributed by atoms with E-state index in [-0.39, 0.29) is 11.6 Å². The molecule has 1 saturated heterocycles. The highest BCUT2D eigenvalue weighted by Crippen LogP contribution is 2.34. The molecular weight excluding hydrogens is 457 g/mol. The highest BCUT2D eigenvalue weighted by atomic mass is 32.1. The Kier molecular flexibility index (Phi) is 6.07. The maximum Gasteiger partial charge on any atom is 0.416 e. The number of nitrogens with zero attached hydrogens (tertiary/aromatic N) is 4. The normalized spacial score (nSPS) is 14.4. The molecule has 0 N–H and O–H groups in total. The molecule has 0 unspecified atom stereocenters. The molecule has 0 spiro atoms. The van der Waals surface area contributed by atoms with Crippen LogP contribution < -0.4 is 4.90 Å². The third-order valence-electron chi connectivity index (χ3n) is 5.44. The molecule has 1 aliphatic heterocycles. The fourth-order valence-corrected chi connectivity index (χ4v) is 4.74. The number of nitro benzene ring substituents is 1. The number of halogens is 3. The Morgan fingerprint density at radius 2 is 1.70 bits per heavy atom. The first kappa shape index (κ1) is 22.7. The monoisotopic (exact) mass is 476 g/mol. The predicted molar refractivity (Wildman–Crippen MR) is 119 cm³/mol. The summed E-state index contributed by atoms with van der Waals surface area (Å²) >= 11 is 1.14. The lowest BCUT2D eigenvalue weighted by molar-refractivity contribution is -0.384. The van der Waals surface area contributed by atoms with Crippen LogP contribution in [0.2, 0.25) is 0 Å². The van der Waals surface area contributed by atoms with E-state index in [1.807, 2.05) is 4.90 Å². The van der Waals surface area contributed by atoms with Crippen molar-refractivity contribution in [1.29, 1.82) is 0 Å². The van der Waals surface area contributed by atoms with Gasteiger partial charge in [-0.05, 0) is 25.1 Å². The van der Waals surface area contributed by atoms with Gasteiger partial charge in [0.2, 0.25) is 0 Å². The highest BCUT2D eigenvalue weighted by molar-refractivity contribution is 7.17. The number of thiazole rings is 1. The number of alkyl halides is 3. The van der Waals surface area contributed by atoms with Crippen LogP contribution in [0.1, 0.15) is 20.9 Å². The fourth-order valence-electron chi connectivity index (χ4n) is 3.70. The summed E-state index contributed by atoms with van der Waals surface area (Å²) in [5, 5.41) is 11.8. The zero-order valence-electron chi connectivity index (χ0n) is 17.5. The predicted octanol–water partition coefficient (Wildman–Crippen LogP) is 5.01. The molecule has 1 aliphatic rings. The number of benzene rings is 2. The van der Waals surface area contributed by atoms with Crippen molar-refractivity contribution < 1.29 is 22.9 Å². The van der Waals surface area contributed by atoms with Gasteiger partial charge in [-0.15, -0.1) is 11.3 Å². The molecule has 0 bridgehead atoms. The van der Waals surface area contributed by atoms with Crippen molar-refractivity contribution in [2.45, 2.75) is 13.1 Å². The molecule has 172 valence electrons. The van der Waals surface area contributed by atoms with Crippen molar-refractivity contribution in [3.63, 3.8) is 0 Å². The number of nitro groups is 1. The molecule has 33 heavy (non-hydrogen) atoms. The lowest BCUT2D eigenvalue weighted by Crippen LogP contribution is -2.48. The standard InChI is InChI=1S/C22H19F3N4O3S/c1-14-19(33-20(26-14)15-6-8-16(9-7-15)22(23,24)25)21(30)28-12-10-27(11-13-28)17-4-2-3-5-18(17)29(31)32/h2-9H,10-13H2,1H3. The number of carbonyl (C=O) groups is 1. The van der Waals surface area contributed by atoms with E-state index in [0.29, 0.717) is 53.0 Å². The molecule has 4 rings (SSSR count). The van der Waals surface area contributed by atoms with Crippen LogP contribution in [0.5, 0.6) is 0 Å². The largest absolute Gasteiger partial charge is 0.416 e. The summed E-state index contributed by atoms with van der Waals surface area (Å²) in [6.45, 7) is 3.36. The maximum atomic E-state index is 13.1. The Balaban J connectivity index is 1.47. The first-order valence-corrected chi connectivity index (χ1v) is 10.9. The van der Waals surface area contributed by atoms with Gasteiger partial charge in [0.05, 0.1) is 16.2 Å². The van der Waals surface area contributed by atoms with E-state index in [9.17, 15) is 28.1 Å². The number of aryl methyl sites for hydroxylation is 1. The van der Waals surface area contributed by atoms with Crippen LogP contribution in [0, 0.1) is 17.0 Å². The fraction of sp³-hybridized carbons (Fsp3) is 0.273. The number of rotatable bonds is 4. The second kappa shape index (κ2) is 8.81. The Morgan fingerprint density at radius 1 is 1.06 bits per heavy atom. The molecule has 7 nitrogen and oxygen atoms in total. The minimum Gasteiger partial charge on any atom is -0.362 e. The Bertz CT molecular complexity index is 1190. The number of piperazine rings is 1. The summed E-state index contributed by atoms with van der Waals surface area (Å²) in [6.07, 6.45) is -4.42. The molecular formula is C22H19F3N4O3S. The molecule has 3 aromatic rings. The van der Waals surface area contributed by atoms with Gasteiger partial charge in [0.1, 0.15) is 15.6 Å². The minimum atomic E-state index is -4.42.